The molecule has 1 aromatic rings. The van der Waals surface area contributed by atoms with E-state index < -0.39 is 0 Å². The van der Waals surface area contributed by atoms with Gasteiger partial charge in [0.1, 0.15) is 11.6 Å². The van der Waals surface area contributed by atoms with E-state index in [1.807, 2.05) is 0 Å². The number of pyridine rings is 1. The number of anilines is 1. The average Bonchev–Trinajstić information content (AvgIpc) is 2.19. The van der Waals surface area contributed by atoms with Crippen LogP contribution in [0.15, 0.2) is 18.3 Å². The van der Waals surface area contributed by atoms with Crippen LogP contribution < -0.4 is 10.2 Å². The average molecular weight is 195 g/mol. The van der Waals surface area contributed by atoms with Crippen LogP contribution in [0.25, 0.3) is 0 Å². The largest absolute Gasteiger partial charge is 0.354 e. The summed E-state index contributed by atoms with van der Waals surface area (Å²) in [6, 6.07) is 3.65. The van der Waals surface area contributed by atoms with Crippen LogP contribution >= 0.6 is 0 Å². The molecule has 0 bridgehead atoms. The molecule has 1 atom stereocenters. The van der Waals surface area contributed by atoms with Gasteiger partial charge in [-0.2, -0.15) is 0 Å². The summed E-state index contributed by atoms with van der Waals surface area (Å²) in [6.45, 7) is 4.96. The minimum absolute atomic E-state index is 0.281. The van der Waals surface area contributed by atoms with E-state index in [2.05, 4.69) is 22.1 Å². The Hall–Kier alpha value is -1.16. The molecule has 0 amide bonds. The maximum absolute atomic E-state index is 12.6. The number of aromatic nitrogens is 1. The minimum atomic E-state index is -0.281. The van der Waals surface area contributed by atoms with Crippen molar-refractivity contribution in [1.29, 1.82) is 0 Å². The zero-order valence-corrected chi connectivity index (χ0v) is 8.20. The van der Waals surface area contributed by atoms with Crippen molar-refractivity contribution in [3.8, 4) is 0 Å². The van der Waals surface area contributed by atoms with Gasteiger partial charge < -0.3 is 10.2 Å². The van der Waals surface area contributed by atoms with Crippen LogP contribution in [0.4, 0.5) is 10.2 Å². The van der Waals surface area contributed by atoms with Gasteiger partial charge in [0.2, 0.25) is 0 Å². The lowest BCUT2D eigenvalue weighted by molar-refractivity contribution is 0.482. The van der Waals surface area contributed by atoms with E-state index in [-0.39, 0.29) is 5.82 Å². The van der Waals surface area contributed by atoms with Crippen LogP contribution in [0.5, 0.6) is 0 Å². The molecule has 1 N–H and O–H groups in total. The lowest BCUT2D eigenvalue weighted by atomic mass is 10.2. The number of nitrogens with one attached hydrogen (secondary N) is 1. The number of hydrogen-bond acceptors (Lipinski definition) is 3. The van der Waals surface area contributed by atoms with Gasteiger partial charge in [0.05, 0.1) is 6.20 Å². The predicted octanol–water partition coefficient (Wildman–Crippen LogP) is 1.02. The molecule has 1 aliphatic rings. The Labute approximate surface area is 82.9 Å². The summed E-state index contributed by atoms with van der Waals surface area (Å²) in [6.07, 6.45) is 1.27. The molecule has 0 saturated carbocycles. The highest BCUT2D eigenvalue weighted by Crippen LogP contribution is 2.12. The van der Waals surface area contributed by atoms with Crippen LogP contribution in [0.2, 0.25) is 0 Å². The highest BCUT2D eigenvalue weighted by atomic mass is 19.1. The van der Waals surface area contributed by atoms with Crippen molar-refractivity contribution in [2.75, 3.05) is 24.5 Å². The van der Waals surface area contributed by atoms with Gasteiger partial charge >= 0.3 is 0 Å². The first-order chi connectivity index (χ1) is 6.75. The summed E-state index contributed by atoms with van der Waals surface area (Å²) in [5.41, 5.74) is 0. The fourth-order valence-corrected chi connectivity index (χ4v) is 1.70. The second-order valence-electron chi connectivity index (χ2n) is 3.64. The molecule has 2 heterocycles. The first-order valence-corrected chi connectivity index (χ1v) is 4.85. The lowest BCUT2D eigenvalue weighted by Gasteiger charge is -2.32. The molecule has 0 spiro atoms. The van der Waals surface area contributed by atoms with Crippen molar-refractivity contribution in [3.05, 3.63) is 24.1 Å². The molecule has 0 radical (unpaired) electrons. The topological polar surface area (TPSA) is 28.2 Å². The van der Waals surface area contributed by atoms with Gasteiger partial charge in [-0.15, -0.1) is 0 Å². The summed E-state index contributed by atoms with van der Waals surface area (Å²) in [5.74, 6) is 0.580. The summed E-state index contributed by atoms with van der Waals surface area (Å²) in [5, 5.41) is 3.35. The molecule has 2 rings (SSSR count). The standard InChI is InChI=1S/C10H14FN3/c1-8-7-14(5-4-12-8)10-3-2-9(11)6-13-10/h2-3,6,8,12H,4-5,7H2,1H3/t8-/m1/s1. The lowest BCUT2D eigenvalue weighted by Crippen LogP contribution is -2.49. The van der Waals surface area contributed by atoms with E-state index in [1.165, 1.54) is 12.3 Å². The molecule has 1 saturated heterocycles. The van der Waals surface area contributed by atoms with Crippen molar-refractivity contribution in [1.82, 2.24) is 10.3 Å². The Kier molecular flexibility index (Phi) is 2.63. The molecule has 14 heavy (non-hydrogen) atoms. The number of hydrogen-bond donors (Lipinski definition) is 1. The fourth-order valence-electron chi connectivity index (χ4n) is 1.70. The SMILES string of the molecule is C[C@@H]1CN(c2ccc(F)cn2)CCN1. The number of halogens is 1. The van der Waals surface area contributed by atoms with E-state index in [9.17, 15) is 4.39 Å². The molecule has 4 heteroatoms. The third-order valence-corrected chi connectivity index (χ3v) is 2.40. The van der Waals surface area contributed by atoms with Crippen molar-refractivity contribution < 1.29 is 4.39 Å². The van der Waals surface area contributed by atoms with Crippen molar-refractivity contribution >= 4 is 5.82 Å². The maximum atomic E-state index is 12.6. The third-order valence-electron chi connectivity index (χ3n) is 2.40. The normalized spacial score (nSPS) is 22.4. The monoisotopic (exact) mass is 195 g/mol. The van der Waals surface area contributed by atoms with Crippen LogP contribution in [-0.2, 0) is 0 Å². The van der Waals surface area contributed by atoms with Gasteiger partial charge in [0.15, 0.2) is 0 Å². The van der Waals surface area contributed by atoms with Crippen LogP contribution in [0.1, 0.15) is 6.92 Å². The highest BCUT2D eigenvalue weighted by molar-refractivity contribution is 5.38. The molecule has 1 aromatic heterocycles. The predicted molar refractivity (Wildman–Crippen MR) is 53.9 cm³/mol. The van der Waals surface area contributed by atoms with Crippen molar-refractivity contribution in [2.45, 2.75) is 13.0 Å². The van der Waals surface area contributed by atoms with Gasteiger partial charge in [-0.1, -0.05) is 0 Å². The molecule has 76 valence electrons. The van der Waals surface area contributed by atoms with E-state index in [1.54, 1.807) is 6.07 Å². The Balaban J connectivity index is 2.10. The molecule has 1 aliphatic heterocycles. The zero-order valence-electron chi connectivity index (χ0n) is 8.20. The molecule has 1 fully saturated rings. The second kappa shape index (κ2) is 3.92. The van der Waals surface area contributed by atoms with Crippen LogP contribution in [0, 0.1) is 5.82 Å². The maximum Gasteiger partial charge on any atom is 0.141 e. The summed E-state index contributed by atoms with van der Waals surface area (Å²) in [4.78, 5) is 6.23. The van der Waals surface area contributed by atoms with Gasteiger partial charge in [0.25, 0.3) is 0 Å². The minimum Gasteiger partial charge on any atom is -0.354 e. The molecule has 3 nitrogen and oxygen atoms in total. The van der Waals surface area contributed by atoms with Crippen LogP contribution in [0.3, 0.4) is 0 Å². The molecule has 0 aliphatic carbocycles. The fraction of sp³-hybridized carbons (Fsp3) is 0.500. The number of piperazine rings is 1. The van der Waals surface area contributed by atoms with Gasteiger partial charge in [-0.05, 0) is 19.1 Å². The second-order valence-corrected chi connectivity index (χ2v) is 3.64. The number of nitrogens with zero attached hydrogens (tertiary/aromatic N) is 2. The van der Waals surface area contributed by atoms with E-state index >= 15 is 0 Å². The van der Waals surface area contributed by atoms with Crippen LogP contribution in [-0.4, -0.2) is 30.7 Å². The Morgan fingerprint density at radius 3 is 3.07 bits per heavy atom. The van der Waals surface area contributed by atoms with Crippen molar-refractivity contribution in [2.24, 2.45) is 0 Å². The van der Waals surface area contributed by atoms with Gasteiger partial charge in [0, 0.05) is 25.7 Å². The smallest absolute Gasteiger partial charge is 0.141 e. The molecular formula is C10H14FN3. The Morgan fingerprint density at radius 1 is 1.57 bits per heavy atom. The third kappa shape index (κ3) is 2.01. The first-order valence-electron chi connectivity index (χ1n) is 4.85. The summed E-state index contributed by atoms with van der Waals surface area (Å²) < 4.78 is 12.6. The highest BCUT2D eigenvalue weighted by Gasteiger charge is 2.16. The van der Waals surface area contributed by atoms with Gasteiger partial charge in [-0.3, -0.25) is 0 Å². The summed E-state index contributed by atoms with van der Waals surface area (Å²) >= 11 is 0. The Morgan fingerprint density at radius 2 is 2.43 bits per heavy atom. The molecular weight excluding hydrogens is 181 g/mol. The Bertz CT molecular complexity index is 299. The van der Waals surface area contributed by atoms with E-state index in [0.29, 0.717) is 6.04 Å². The molecule has 0 aromatic carbocycles. The summed E-state index contributed by atoms with van der Waals surface area (Å²) in [7, 11) is 0. The van der Waals surface area contributed by atoms with Crippen molar-refractivity contribution in [3.63, 3.8) is 0 Å². The molecule has 0 unspecified atom stereocenters. The number of rotatable bonds is 1. The van der Waals surface area contributed by atoms with E-state index in [4.69, 9.17) is 0 Å². The first kappa shape index (κ1) is 9.40. The quantitative estimate of drug-likeness (QED) is 0.725. The van der Waals surface area contributed by atoms with E-state index in [0.717, 1.165) is 25.5 Å². The zero-order chi connectivity index (χ0) is 9.97. The van der Waals surface area contributed by atoms with Gasteiger partial charge in [-0.25, -0.2) is 9.37 Å².